The summed E-state index contributed by atoms with van der Waals surface area (Å²) in [6, 6.07) is 0. The van der Waals surface area contributed by atoms with Gasteiger partial charge in [0.05, 0.1) is 0 Å². The van der Waals surface area contributed by atoms with Gasteiger partial charge in [0.15, 0.2) is 0 Å². The fraction of sp³-hybridized carbons (Fsp3) is 0.857. The lowest BCUT2D eigenvalue weighted by atomic mass is 10.2. The normalized spacial score (nSPS) is 13.0. The number of rotatable bonds is 6. The maximum Gasteiger partial charge on any atom is 0.148 e. The highest BCUT2D eigenvalue weighted by molar-refractivity contribution is 5.55. The maximum atomic E-state index is 10.2. The van der Waals surface area contributed by atoms with Gasteiger partial charge >= 0.3 is 0 Å². The van der Waals surface area contributed by atoms with Crippen LogP contribution >= 0.6 is 0 Å². The number of methoxy groups -OCH3 is 1. The van der Waals surface area contributed by atoms with Gasteiger partial charge in [-0.05, 0) is 6.42 Å². The summed E-state index contributed by atoms with van der Waals surface area (Å²) < 4.78 is 9.63. The first kappa shape index (κ1) is 9.59. The molecule has 0 radical (unpaired) electrons. The maximum absolute atomic E-state index is 10.2. The van der Waals surface area contributed by atoms with Gasteiger partial charge in [0.25, 0.3) is 0 Å². The molecule has 10 heavy (non-hydrogen) atoms. The van der Waals surface area contributed by atoms with E-state index in [0.29, 0.717) is 0 Å². The molecule has 0 rings (SSSR count). The molecule has 0 aromatic carbocycles. The van der Waals surface area contributed by atoms with E-state index in [1.54, 1.807) is 0 Å². The number of hydrogen-bond donors (Lipinski definition) is 0. The van der Waals surface area contributed by atoms with Crippen molar-refractivity contribution in [3.63, 3.8) is 0 Å². The van der Waals surface area contributed by atoms with E-state index in [9.17, 15) is 4.79 Å². The second-order valence-corrected chi connectivity index (χ2v) is 2.04. The van der Waals surface area contributed by atoms with E-state index < -0.39 is 0 Å². The zero-order chi connectivity index (χ0) is 7.82. The minimum Gasteiger partial charge on any atom is -0.359 e. The minimum atomic E-state index is -0.287. The predicted molar refractivity (Wildman–Crippen MR) is 37.7 cm³/mol. The van der Waals surface area contributed by atoms with Crippen molar-refractivity contribution >= 4 is 6.29 Å². The van der Waals surface area contributed by atoms with Gasteiger partial charge in [-0.1, -0.05) is 13.3 Å². The molecule has 0 saturated carbocycles. The van der Waals surface area contributed by atoms with Crippen molar-refractivity contribution in [2.45, 2.75) is 25.9 Å². The molecule has 1 atom stereocenters. The molecule has 0 aliphatic carbocycles. The lowest BCUT2D eigenvalue weighted by molar-refractivity contribution is -0.128. The molecule has 0 aliphatic rings. The van der Waals surface area contributed by atoms with Crippen LogP contribution in [0, 0.1) is 0 Å². The third-order valence-corrected chi connectivity index (χ3v) is 1.12. The van der Waals surface area contributed by atoms with Crippen molar-refractivity contribution in [3.8, 4) is 0 Å². The SMILES string of the molecule is CCCC(C=O)OCOC. The molecule has 0 aliphatic heterocycles. The zero-order valence-electron chi connectivity index (χ0n) is 6.50. The standard InChI is InChI=1S/C7H14O3/c1-3-4-7(5-8)10-6-9-2/h5,7H,3-4,6H2,1-2H3. The van der Waals surface area contributed by atoms with Gasteiger partial charge in [-0.25, -0.2) is 0 Å². The highest BCUT2D eigenvalue weighted by Crippen LogP contribution is 1.97. The van der Waals surface area contributed by atoms with E-state index in [0.717, 1.165) is 19.1 Å². The molecule has 0 amide bonds. The van der Waals surface area contributed by atoms with Crippen LogP contribution in [0.25, 0.3) is 0 Å². The number of hydrogen-bond acceptors (Lipinski definition) is 3. The number of aldehydes is 1. The predicted octanol–water partition coefficient (Wildman–Crippen LogP) is 0.974. The summed E-state index contributed by atoms with van der Waals surface area (Å²) in [5, 5.41) is 0. The van der Waals surface area contributed by atoms with Crippen LogP contribution < -0.4 is 0 Å². The Bertz CT molecular complexity index is 82.9. The summed E-state index contributed by atoms with van der Waals surface area (Å²) in [7, 11) is 1.54. The molecule has 1 unspecified atom stereocenters. The van der Waals surface area contributed by atoms with Crippen LogP contribution in [0.2, 0.25) is 0 Å². The summed E-state index contributed by atoms with van der Waals surface area (Å²) in [5.41, 5.74) is 0. The van der Waals surface area contributed by atoms with E-state index in [1.165, 1.54) is 7.11 Å². The average molecular weight is 146 g/mol. The van der Waals surface area contributed by atoms with Crippen molar-refractivity contribution in [1.29, 1.82) is 0 Å². The van der Waals surface area contributed by atoms with Crippen LogP contribution in [0.15, 0.2) is 0 Å². The summed E-state index contributed by atoms with van der Waals surface area (Å²) >= 11 is 0. The zero-order valence-corrected chi connectivity index (χ0v) is 6.50. The molecule has 0 bridgehead atoms. The smallest absolute Gasteiger partial charge is 0.148 e. The highest BCUT2D eigenvalue weighted by atomic mass is 16.7. The highest BCUT2D eigenvalue weighted by Gasteiger charge is 2.03. The Morgan fingerprint density at radius 3 is 2.70 bits per heavy atom. The number of carbonyl (C=O) groups is 1. The van der Waals surface area contributed by atoms with Gasteiger partial charge in [-0.2, -0.15) is 0 Å². The lowest BCUT2D eigenvalue weighted by Crippen LogP contribution is -2.15. The second-order valence-electron chi connectivity index (χ2n) is 2.04. The average Bonchev–Trinajstić information content (AvgIpc) is 1.98. The van der Waals surface area contributed by atoms with Gasteiger partial charge in [-0.15, -0.1) is 0 Å². The van der Waals surface area contributed by atoms with Crippen molar-refractivity contribution in [2.24, 2.45) is 0 Å². The molecule has 0 aromatic rings. The van der Waals surface area contributed by atoms with Crippen LogP contribution in [-0.2, 0) is 14.3 Å². The Kier molecular flexibility index (Phi) is 6.43. The number of ether oxygens (including phenoxy) is 2. The fourth-order valence-electron chi connectivity index (χ4n) is 0.631. The monoisotopic (exact) mass is 146 g/mol. The van der Waals surface area contributed by atoms with E-state index in [4.69, 9.17) is 4.74 Å². The van der Waals surface area contributed by atoms with Crippen LogP contribution in [-0.4, -0.2) is 26.3 Å². The van der Waals surface area contributed by atoms with Crippen molar-refractivity contribution in [3.05, 3.63) is 0 Å². The molecular formula is C7H14O3. The molecule has 0 saturated heterocycles. The van der Waals surface area contributed by atoms with Gasteiger partial charge in [0.2, 0.25) is 0 Å². The third kappa shape index (κ3) is 4.47. The summed E-state index contributed by atoms with van der Waals surface area (Å²) in [6.07, 6.45) is 2.24. The Morgan fingerprint density at radius 1 is 1.60 bits per heavy atom. The van der Waals surface area contributed by atoms with Crippen LogP contribution in [0.5, 0.6) is 0 Å². The van der Waals surface area contributed by atoms with E-state index in [-0.39, 0.29) is 12.9 Å². The quantitative estimate of drug-likeness (QED) is 0.414. The molecule has 0 spiro atoms. The summed E-state index contributed by atoms with van der Waals surface area (Å²) in [5.74, 6) is 0. The second kappa shape index (κ2) is 6.71. The largest absolute Gasteiger partial charge is 0.359 e. The van der Waals surface area contributed by atoms with Gasteiger partial charge in [-0.3, -0.25) is 0 Å². The molecule has 0 heterocycles. The van der Waals surface area contributed by atoms with E-state index in [2.05, 4.69) is 4.74 Å². The first-order chi connectivity index (χ1) is 4.85. The van der Waals surface area contributed by atoms with Crippen LogP contribution in [0.4, 0.5) is 0 Å². The number of carbonyl (C=O) groups excluding carboxylic acids is 1. The molecule has 0 aromatic heterocycles. The first-order valence-electron chi connectivity index (χ1n) is 3.41. The Balaban J connectivity index is 3.29. The molecule has 3 nitrogen and oxygen atoms in total. The molecule has 0 N–H and O–H groups in total. The lowest BCUT2D eigenvalue weighted by Gasteiger charge is -2.08. The van der Waals surface area contributed by atoms with Crippen LogP contribution in [0.3, 0.4) is 0 Å². The fourth-order valence-corrected chi connectivity index (χ4v) is 0.631. The van der Waals surface area contributed by atoms with Gasteiger partial charge in [0.1, 0.15) is 19.2 Å². The molecule has 0 fully saturated rings. The van der Waals surface area contributed by atoms with E-state index in [1.807, 2.05) is 6.92 Å². The summed E-state index contributed by atoms with van der Waals surface area (Å²) in [4.78, 5) is 10.2. The van der Waals surface area contributed by atoms with Crippen LogP contribution in [0.1, 0.15) is 19.8 Å². The van der Waals surface area contributed by atoms with Gasteiger partial charge in [0, 0.05) is 7.11 Å². The Morgan fingerprint density at radius 2 is 2.30 bits per heavy atom. The Labute approximate surface area is 61.3 Å². The minimum absolute atomic E-state index is 0.198. The summed E-state index contributed by atoms with van der Waals surface area (Å²) in [6.45, 7) is 2.20. The topological polar surface area (TPSA) is 35.5 Å². The van der Waals surface area contributed by atoms with E-state index >= 15 is 0 Å². The third-order valence-electron chi connectivity index (χ3n) is 1.12. The molecular weight excluding hydrogens is 132 g/mol. The van der Waals surface area contributed by atoms with Crippen molar-refractivity contribution in [2.75, 3.05) is 13.9 Å². The van der Waals surface area contributed by atoms with Crippen molar-refractivity contribution in [1.82, 2.24) is 0 Å². The first-order valence-corrected chi connectivity index (χ1v) is 3.41. The molecule has 3 heteroatoms. The molecule has 60 valence electrons. The van der Waals surface area contributed by atoms with Gasteiger partial charge < -0.3 is 14.3 Å². The van der Waals surface area contributed by atoms with Crippen molar-refractivity contribution < 1.29 is 14.3 Å². The Hall–Kier alpha value is -0.410.